The van der Waals surface area contributed by atoms with E-state index >= 15 is 0 Å². The van der Waals surface area contributed by atoms with Gasteiger partial charge in [-0.25, -0.2) is 0 Å². The van der Waals surface area contributed by atoms with Gasteiger partial charge in [-0.1, -0.05) is 19.1 Å². The Labute approximate surface area is 238 Å². The Morgan fingerprint density at radius 2 is 1.68 bits per heavy atom. The predicted molar refractivity (Wildman–Crippen MR) is 150 cm³/mol. The van der Waals surface area contributed by atoms with E-state index in [4.69, 9.17) is 5.73 Å². The Kier molecular flexibility index (Phi) is 6.90. The van der Waals surface area contributed by atoms with Crippen LogP contribution in [0.2, 0.25) is 0 Å². The molecule has 6 unspecified atom stereocenters. The molecule has 6 atom stereocenters. The molecule has 10 nitrogen and oxygen atoms in total. The molecule has 3 aliphatic rings. The molecule has 216 valence electrons. The number of aliphatic hydroxyl groups is 1. The first-order valence-corrected chi connectivity index (χ1v) is 13.8. The third-order valence-electron chi connectivity index (χ3n) is 9.22. The Balaban J connectivity index is 1.68. The molecule has 0 saturated heterocycles. The van der Waals surface area contributed by atoms with Crippen LogP contribution < -0.4 is 10.6 Å². The van der Waals surface area contributed by atoms with E-state index in [0.717, 1.165) is 16.8 Å². The van der Waals surface area contributed by atoms with Crippen LogP contribution in [0.3, 0.4) is 0 Å². The van der Waals surface area contributed by atoms with Crippen LogP contribution in [0.4, 0.5) is 5.69 Å². The number of phenols is 1. The number of likely N-dealkylation sites (N-methyl/N-ethyl adjacent to an activating group) is 1. The zero-order chi connectivity index (χ0) is 30.1. The number of anilines is 1. The van der Waals surface area contributed by atoms with Gasteiger partial charge >= 0.3 is 0 Å². The second kappa shape index (κ2) is 9.88. The minimum Gasteiger partial charge on any atom is -0.507 e. The highest BCUT2D eigenvalue weighted by atomic mass is 16.3. The lowest BCUT2D eigenvalue weighted by Crippen LogP contribution is -2.74. The third kappa shape index (κ3) is 4.03. The van der Waals surface area contributed by atoms with Crippen LogP contribution in [0.1, 0.15) is 34.8 Å². The highest BCUT2D eigenvalue weighted by Gasteiger charge is 2.69. The number of aromatic hydroxyl groups is 1. The van der Waals surface area contributed by atoms with E-state index in [-0.39, 0.29) is 24.2 Å². The number of Topliss-reactive ketones (excluding diaryl/α,β-unsaturated/α-hetero) is 4. The number of nitrogens with zero attached hydrogens (tertiary/aromatic N) is 2. The molecule has 2 saturated carbocycles. The van der Waals surface area contributed by atoms with Gasteiger partial charge in [0.1, 0.15) is 5.75 Å². The highest BCUT2D eigenvalue weighted by Crippen LogP contribution is 2.52. The number of rotatable bonds is 5. The summed E-state index contributed by atoms with van der Waals surface area (Å²) in [4.78, 5) is 70.5. The molecule has 0 aromatic heterocycles. The molecule has 0 aliphatic heterocycles. The predicted octanol–water partition coefficient (Wildman–Crippen LogP) is 1.16. The van der Waals surface area contributed by atoms with Crippen LogP contribution in [0, 0.1) is 23.7 Å². The highest BCUT2D eigenvalue weighted by molar-refractivity contribution is 6.32. The van der Waals surface area contributed by atoms with Crippen LogP contribution >= 0.6 is 0 Å². The van der Waals surface area contributed by atoms with Crippen molar-refractivity contribution in [2.45, 2.75) is 37.8 Å². The average molecular weight is 562 g/mol. The van der Waals surface area contributed by atoms with E-state index in [2.05, 4.69) is 0 Å². The molecule has 0 heterocycles. The molecular formula is C31H35N3O7. The minimum atomic E-state index is -2.74. The van der Waals surface area contributed by atoms with Gasteiger partial charge in [-0.15, -0.1) is 0 Å². The summed E-state index contributed by atoms with van der Waals surface area (Å²) in [6.07, 6.45) is 0.655. The molecule has 5 rings (SSSR count). The number of ketones is 4. The second-order valence-electron chi connectivity index (χ2n) is 11.9. The Morgan fingerprint density at radius 1 is 1.05 bits per heavy atom. The van der Waals surface area contributed by atoms with Gasteiger partial charge in [0.25, 0.3) is 0 Å². The minimum absolute atomic E-state index is 0.0131. The SMILES string of the molecule is CCc1cc(-c2ccc(N(C)C)cc2)c2c(c1O)C(=O)C1C(=O)C3(O)C(=O)C(C(N)=O)C(=O)C(N(C)C)C3CC1C2. The van der Waals surface area contributed by atoms with Crippen LogP contribution in [-0.2, 0) is 32.0 Å². The van der Waals surface area contributed by atoms with Crippen molar-refractivity contribution in [2.75, 3.05) is 33.1 Å². The van der Waals surface area contributed by atoms with E-state index in [1.807, 2.05) is 56.3 Å². The number of aryl methyl sites for hydroxylation is 1. The number of primary amides is 1. The van der Waals surface area contributed by atoms with E-state index in [9.17, 15) is 34.2 Å². The summed E-state index contributed by atoms with van der Waals surface area (Å²) in [6, 6.07) is 8.51. The number of phenolic OH excluding ortho intramolecular Hbond substituents is 1. The molecule has 0 radical (unpaired) electrons. The first-order chi connectivity index (χ1) is 19.2. The number of carbonyl (C=O) groups is 5. The number of hydrogen-bond acceptors (Lipinski definition) is 9. The van der Waals surface area contributed by atoms with Crippen molar-refractivity contribution in [3.05, 3.63) is 47.0 Å². The summed E-state index contributed by atoms with van der Waals surface area (Å²) < 4.78 is 0. The fourth-order valence-electron chi connectivity index (χ4n) is 7.19. The Hall–Kier alpha value is -3.89. The van der Waals surface area contributed by atoms with Crippen molar-refractivity contribution in [2.24, 2.45) is 29.4 Å². The van der Waals surface area contributed by atoms with Gasteiger partial charge < -0.3 is 20.8 Å². The zero-order valence-electron chi connectivity index (χ0n) is 23.8. The summed E-state index contributed by atoms with van der Waals surface area (Å²) >= 11 is 0. The number of hydrogen-bond donors (Lipinski definition) is 3. The monoisotopic (exact) mass is 561 g/mol. The van der Waals surface area contributed by atoms with E-state index in [1.165, 1.54) is 4.90 Å². The molecule has 2 aromatic carbocycles. The van der Waals surface area contributed by atoms with Gasteiger partial charge in [0.2, 0.25) is 5.91 Å². The van der Waals surface area contributed by atoms with Crippen molar-refractivity contribution in [3.8, 4) is 16.9 Å². The van der Waals surface area contributed by atoms with Crippen molar-refractivity contribution >= 4 is 34.7 Å². The van der Waals surface area contributed by atoms with Crippen LogP contribution in [-0.4, -0.2) is 84.0 Å². The fraction of sp³-hybridized carbons (Fsp3) is 0.452. The van der Waals surface area contributed by atoms with Crippen LogP contribution in [0.15, 0.2) is 30.3 Å². The first kappa shape index (κ1) is 28.6. The van der Waals surface area contributed by atoms with Crippen LogP contribution in [0.5, 0.6) is 5.75 Å². The van der Waals surface area contributed by atoms with E-state index in [1.54, 1.807) is 14.1 Å². The molecule has 3 aliphatic carbocycles. The van der Waals surface area contributed by atoms with Gasteiger partial charge in [-0.05, 0) is 79.7 Å². The summed E-state index contributed by atoms with van der Waals surface area (Å²) in [5.74, 6) is -10.4. The van der Waals surface area contributed by atoms with Gasteiger partial charge in [0, 0.05) is 25.7 Å². The smallest absolute Gasteiger partial charge is 0.235 e. The number of carbonyl (C=O) groups excluding carboxylic acids is 5. The topological polar surface area (TPSA) is 158 Å². The van der Waals surface area contributed by atoms with Gasteiger partial charge in [-0.2, -0.15) is 0 Å². The number of amides is 1. The lowest BCUT2D eigenvalue weighted by Gasteiger charge is -2.52. The summed E-state index contributed by atoms with van der Waals surface area (Å²) in [5.41, 5.74) is 6.37. The first-order valence-electron chi connectivity index (χ1n) is 13.8. The molecular weight excluding hydrogens is 526 g/mol. The van der Waals surface area contributed by atoms with Gasteiger partial charge in [-0.3, -0.25) is 28.9 Å². The van der Waals surface area contributed by atoms with E-state index < -0.39 is 64.4 Å². The standard InChI is InChI=1S/C31H35N3O7/c1-6-14-11-18(15-7-9-17(10-8-15)33(2)3)19-12-16-13-20-24(34(4)5)27(37)23(30(32)40)29(39)31(20,41)28(38)21(16)26(36)22(19)25(14)35/h7-11,16,20-21,23-24,35,41H,6,12-13H2,1-5H3,(H2,32,40). The summed E-state index contributed by atoms with van der Waals surface area (Å²) in [5, 5.41) is 23.0. The van der Waals surface area contributed by atoms with E-state index in [0.29, 0.717) is 17.5 Å². The van der Waals surface area contributed by atoms with Crippen molar-refractivity contribution in [3.63, 3.8) is 0 Å². The lowest BCUT2D eigenvalue weighted by molar-refractivity contribution is -0.181. The second-order valence-corrected chi connectivity index (χ2v) is 11.9. The van der Waals surface area contributed by atoms with Crippen molar-refractivity contribution in [1.29, 1.82) is 0 Å². The number of fused-ring (bicyclic) bond motifs is 3. The molecule has 1 amide bonds. The molecule has 41 heavy (non-hydrogen) atoms. The number of benzene rings is 2. The lowest BCUT2D eigenvalue weighted by atomic mass is 9.52. The average Bonchev–Trinajstić information content (AvgIpc) is 2.90. The maximum absolute atomic E-state index is 14.1. The molecule has 2 fully saturated rings. The fourth-order valence-corrected chi connectivity index (χ4v) is 7.19. The molecule has 2 aromatic rings. The zero-order valence-corrected chi connectivity index (χ0v) is 23.8. The molecule has 10 heteroatoms. The third-order valence-corrected chi connectivity index (χ3v) is 9.22. The molecule has 4 N–H and O–H groups in total. The van der Waals surface area contributed by atoms with Crippen LogP contribution in [0.25, 0.3) is 11.1 Å². The largest absolute Gasteiger partial charge is 0.507 e. The van der Waals surface area contributed by atoms with Gasteiger partial charge in [0.15, 0.2) is 34.7 Å². The molecule has 0 spiro atoms. The Morgan fingerprint density at radius 3 is 2.22 bits per heavy atom. The number of nitrogens with two attached hydrogens (primary N) is 1. The maximum Gasteiger partial charge on any atom is 0.235 e. The summed E-state index contributed by atoms with van der Waals surface area (Å²) in [7, 11) is 6.99. The normalized spacial score (nSPS) is 29.2. The Bertz CT molecular complexity index is 1500. The quantitative estimate of drug-likeness (QED) is 0.456. The molecule has 0 bridgehead atoms. The summed E-state index contributed by atoms with van der Waals surface area (Å²) in [6.45, 7) is 1.85. The maximum atomic E-state index is 14.1. The van der Waals surface area contributed by atoms with Crippen molar-refractivity contribution in [1.82, 2.24) is 4.90 Å². The van der Waals surface area contributed by atoms with Gasteiger partial charge in [0.05, 0.1) is 17.5 Å². The van der Waals surface area contributed by atoms with Crippen molar-refractivity contribution < 1.29 is 34.2 Å².